The molecule has 8 nitrogen and oxygen atoms in total. The molecule has 3 aromatic rings. The molecule has 10 heteroatoms. The van der Waals surface area contributed by atoms with Crippen molar-refractivity contribution < 1.29 is 23.9 Å². The molecule has 1 aliphatic rings. The van der Waals surface area contributed by atoms with E-state index in [1.54, 1.807) is 55.5 Å². The van der Waals surface area contributed by atoms with Gasteiger partial charge in [-0.25, -0.2) is 9.69 Å². The minimum atomic E-state index is -0.734. The van der Waals surface area contributed by atoms with E-state index in [-0.39, 0.29) is 34.5 Å². The minimum Gasteiger partial charge on any atom is -0.462 e. The first-order chi connectivity index (χ1) is 17.3. The highest BCUT2D eigenvalue weighted by atomic mass is 35.5. The van der Waals surface area contributed by atoms with Crippen molar-refractivity contribution in [1.29, 1.82) is 0 Å². The van der Waals surface area contributed by atoms with Gasteiger partial charge in [-0.05, 0) is 67.6 Å². The van der Waals surface area contributed by atoms with Gasteiger partial charge in [-0.3, -0.25) is 14.4 Å². The first kappa shape index (κ1) is 25.0. The zero-order chi connectivity index (χ0) is 25.8. The number of carbonyl (C=O) groups is 4. The lowest BCUT2D eigenvalue weighted by molar-refractivity contribution is -0.120. The molecular formula is C26H19Cl2N3O5. The molecule has 3 amide bonds. The molecule has 0 unspecified atom stereocenters. The largest absolute Gasteiger partial charge is 0.462 e. The third-order valence-corrected chi connectivity index (χ3v) is 5.73. The predicted octanol–water partition coefficient (Wildman–Crippen LogP) is 5.20. The van der Waals surface area contributed by atoms with Gasteiger partial charge in [-0.1, -0.05) is 35.3 Å². The fraction of sp³-hybridized carbons (Fsp3) is 0.0769. The number of esters is 1. The Labute approximate surface area is 216 Å². The van der Waals surface area contributed by atoms with Crippen LogP contribution in [0.5, 0.6) is 0 Å². The fourth-order valence-electron chi connectivity index (χ4n) is 3.45. The van der Waals surface area contributed by atoms with Crippen LogP contribution in [0.2, 0.25) is 5.02 Å². The molecule has 0 aromatic heterocycles. The predicted molar refractivity (Wildman–Crippen MR) is 137 cm³/mol. The Hall–Kier alpha value is -4.14. The first-order valence-corrected chi connectivity index (χ1v) is 11.5. The van der Waals surface area contributed by atoms with Crippen LogP contribution in [0.15, 0.2) is 83.5 Å². The molecule has 36 heavy (non-hydrogen) atoms. The summed E-state index contributed by atoms with van der Waals surface area (Å²) in [6.07, 6.45) is 0. The monoisotopic (exact) mass is 523 g/mol. The third kappa shape index (κ3) is 5.25. The number of nitrogens with zero attached hydrogens (tertiary/aromatic N) is 1. The van der Waals surface area contributed by atoms with Crippen molar-refractivity contribution >= 4 is 64.0 Å². The lowest BCUT2D eigenvalue weighted by Crippen LogP contribution is -2.32. The molecule has 0 saturated heterocycles. The summed E-state index contributed by atoms with van der Waals surface area (Å²) in [5.41, 5.74) is 1.60. The molecule has 0 aliphatic carbocycles. The normalized spacial score (nSPS) is 13.1. The summed E-state index contributed by atoms with van der Waals surface area (Å²) in [5.74, 6) is -2.34. The standard InChI is InChI=1S/C26H19Cl2N3O5/c1-2-36-26(35)16-5-3-8-20(13-16)31-24(33)21(28)22(25(31)34)29-18-11-9-15(10-12-18)23(32)30-19-7-4-6-17(27)14-19/h3-14,29H,2H2,1H3,(H,30,32). The van der Waals surface area contributed by atoms with Crippen molar-refractivity contribution in [2.45, 2.75) is 6.92 Å². The molecule has 1 heterocycles. The minimum absolute atomic E-state index is 0.126. The quantitative estimate of drug-likeness (QED) is 0.325. The first-order valence-electron chi connectivity index (χ1n) is 10.8. The number of imide groups is 1. The van der Waals surface area contributed by atoms with E-state index in [1.165, 1.54) is 24.3 Å². The van der Waals surface area contributed by atoms with Crippen molar-refractivity contribution in [3.05, 3.63) is 99.7 Å². The second kappa shape index (κ2) is 10.6. The maximum absolute atomic E-state index is 13.1. The van der Waals surface area contributed by atoms with Gasteiger partial charge in [0.25, 0.3) is 17.7 Å². The van der Waals surface area contributed by atoms with E-state index < -0.39 is 17.8 Å². The van der Waals surface area contributed by atoms with Gasteiger partial charge >= 0.3 is 5.97 Å². The number of nitrogens with one attached hydrogen (secondary N) is 2. The summed E-state index contributed by atoms with van der Waals surface area (Å²) in [4.78, 5) is 51.2. The van der Waals surface area contributed by atoms with Crippen LogP contribution in [0, 0.1) is 0 Å². The Morgan fingerprint density at radius 1 is 0.861 bits per heavy atom. The Bertz CT molecular complexity index is 1400. The zero-order valence-electron chi connectivity index (χ0n) is 18.9. The molecule has 0 radical (unpaired) electrons. The van der Waals surface area contributed by atoms with Crippen LogP contribution < -0.4 is 15.5 Å². The topological polar surface area (TPSA) is 105 Å². The second-order valence-corrected chi connectivity index (χ2v) is 8.39. The SMILES string of the molecule is CCOC(=O)c1cccc(N2C(=O)C(Cl)=C(Nc3ccc(C(=O)Nc4cccc(Cl)c4)cc3)C2=O)c1. The summed E-state index contributed by atoms with van der Waals surface area (Å²) >= 11 is 12.1. The summed E-state index contributed by atoms with van der Waals surface area (Å²) in [6, 6.07) is 19.0. The van der Waals surface area contributed by atoms with E-state index in [1.807, 2.05) is 0 Å². The number of amides is 3. The molecule has 2 N–H and O–H groups in total. The molecule has 0 saturated carbocycles. The Balaban J connectivity index is 1.48. The van der Waals surface area contributed by atoms with Crippen LogP contribution in [0.25, 0.3) is 0 Å². The average molecular weight is 524 g/mol. The second-order valence-electron chi connectivity index (χ2n) is 7.57. The summed E-state index contributed by atoms with van der Waals surface area (Å²) in [7, 11) is 0. The van der Waals surface area contributed by atoms with E-state index in [0.717, 1.165) is 4.90 Å². The van der Waals surface area contributed by atoms with Gasteiger partial charge in [0.2, 0.25) is 0 Å². The summed E-state index contributed by atoms with van der Waals surface area (Å²) < 4.78 is 4.97. The number of hydrogen-bond donors (Lipinski definition) is 2. The van der Waals surface area contributed by atoms with E-state index in [0.29, 0.717) is 22.0 Å². The number of benzene rings is 3. The van der Waals surface area contributed by atoms with Crippen molar-refractivity contribution in [3.63, 3.8) is 0 Å². The maximum atomic E-state index is 13.1. The Morgan fingerprint density at radius 3 is 2.28 bits per heavy atom. The van der Waals surface area contributed by atoms with Gasteiger partial charge in [0.05, 0.1) is 17.9 Å². The molecule has 0 spiro atoms. The number of carbonyl (C=O) groups excluding carboxylic acids is 4. The fourth-order valence-corrected chi connectivity index (χ4v) is 3.85. The van der Waals surface area contributed by atoms with Gasteiger partial charge in [-0.2, -0.15) is 0 Å². The van der Waals surface area contributed by atoms with Gasteiger partial charge in [-0.15, -0.1) is 0 Å². The van der Waals surface area contributed by atoms with Crippen LogP contribution in [0.4, 0.5) is 17.1 Å². The van der Waals surface area contributed by atoms with Gasteiger partial charge < -0.3 is 15.4 Å². The van der Waals surface area contributed by atoms with Crippen LogP contribution in [-0.2, 0) is 14.3 Å². The van der Waals surface area contributed by atoms with Crippen molar-refractivity contribution in [1.82, 2.24) is 0 Å². The number of hydrogen-bond acceptors (Lipinski definition) is 6. The van der Waals surface area contributed by atoms with Gasteiger partial charge in [0.15, 0.2) is 0 Å². The van der Waals surface area contributed by atoms with Crippen LogP contribution >= 0.6 is 23.2 Å². The summed E-state index contributed by atoms with van der Waals surface area (Å²) in [6.45, 7) is 1.86. The van der Waals surface area contributed by atoms with Crippen LogP contribution in [0.1, 0.15) is 27.6 Å². The molecule has 4 rings (SSSR count). The van der Waals surface area contributed by atoms with Crippen molar-refractivity contribution in [3.8, 4) is 0 Å². The highest BCUT2D eigenvalue weighted by Crippen LogP contribution is 2.31. The van der Waals surface area contributed by atoms with Crippen molar-refractivity contribution in [2.75, 3.05) is 22.1 Å². The van der Waals surface area contributed by atoms with Crippen LogP contribution in [-0.4, -0.2) is 30.3 Å². The molecular weight excluding hydrogens is 505 g/mol. The van der Waals surface area contributed by atoms with Gasteiger partial charge in [0.1, 0.15) is 10.7 Å². The maximum Gasteiger partial charge on any atom is 0.338 e. The molecule has 3 aromatic carbocycles. The average Bonchev–Trinajstić information content (AvgIpc) is 3.07. The van der Waals surface area contributed by atoms with E-state index in [4.69, 9.17) is 27.9 Å². The molecule has 0 fully saturated rings. The van der Waals surface area contributed by atoms with E-state index in [2.05, 4.69) is 10.6 Å². The number of halogens is 2. The summed E-state index contributed by atoms with van der Waals surface area (Å²) in [5, 5.41) is 5.78. The highest BCUT2D eigenvalue weighted by Gasteiger charge is 2.39. The van der Waals surface area contributed by atoms with Gasteiger partial charge in [0, 0.05) is 22.0 Å². The van der Waals surface area contributed by atoms with E-state index >= 15 is 0 Å². The smallest absolute Gasteiger partial charge is 0.338 e. The number of anilines is 3. The Morgan fingerprint density at radius 2 is 1.58 bits per heavy atom. The highest BCUT2D eigenvalue weighted by molar-refractivity contribution is 6.53. The van der Waals surface area contributed by atoms with Crippen molar-refractivity contribution in [2.24, 2.45) is 0 Å². The third-order valence-electron chi connectivity index (χ3n) is 5.14. The molecule has 182 valence electrons. The molecule has 0 atom stereocenters. The number of ether oxygens (including phenoxy) is 1. The lowest BCUT2D eigenvalue weighted by atomic mass is 10.2. The zero-order valence-corrected chi connectivity index (χ0v) is 20.4. The number of rotatable bonds is 7. The van der Waals surface area contributed by atoms with E-state index in [9.17, 15) is 19.2 Å². The van der Waals surface area contributed by atoms with Crippen LogP contribution in [0.3, 0.4) is 0 Å². The molecule has 0 bridgehead atoms. The lowest BCUT2D eigenvalue weighted by Gasteiger charge is -2.16. The molecule has 1 aliphatic heterocycles. The Kier molecular flexibility index (Phi) is 7.38.